The Balaban J connectivity index is 1.78. The molecule has 2 aromatic rings. The van der Waals surface area contributed by atoms with E-state index in [0.717, 1.165) is 28.3 Å². The van der Waals surface area contributed by atoms with E-state index in [1.54, 1.807) is 0 Å². The van der Waals surface area contributed by atoms with Gasteiger partial charge in [0.2, 0.25) is 5.96 Å². The average Bonchev–Trinajstić information content (AvgIpc) is 2.90. The molecule has 2 aromatic carbocycles. The van der Waals surface area contributed by atoms with Crippen LogP contribution in [0.1, 0.15) is 23.6 Å². The number of fused-ring (bicyclic) bond motifs is 2. The number of guanidine groups is 1. The Morgan fingerprint density at radius 2 is 1.79 bits per heavy atom. The Kier molecular flexibility index (Phi) is 2.52. The molecule has 0 saturated carbocycles. The number of benzene rings is 2. The third-order valence-corrected chi connectivity index (χ3v) is 4.85. The van der Waals surface area contributed by atoms with Crippen LogP contribution in [0, 0.1) is 6.92 Å². The number of para-hydroxylation sites is 1. The van der Waals surface area contributed by atoms with Crippen LogP contribution >= 0.6 is 0 Å². The van der Waals surface area contributed by atoms with Crippen LogP contribution < -0.4 is 0 Å². The highest BCUT2D eigenvalue weighted by Crippen LogP contribution is 2.45. The molecule has 1 unspecified atom stereocenters. The fraction of sp³-hybridized carbons (Fsp3) is 0.150. The maximum atomic E-state index is 4.96. The summed E-state index contributed by atoms with van der Waals surface area (Å²) in [5.41, 5.74) is 5.04. The summed E-state index contributed by atoms with van der Waals surface area (Å²) < 4.78 is 0. The lowest BCUT2D eigenvalue weighted by Gasteiger charge is -2.33. The second-order valence-corrected chi connectivity index (χ2v) is 6.47. The maximum Gasteiger partial charge on any atom is 0.232 e. The smallest absolute Gasteiger partial charge is 0.232 e. The van der Waals surface area contributed by atoms with E-state index in [1.165, 1.54) is 5.56 Å². The molecule has 4 heteroatoms. The number of aliphatic imine (C=N–C) groups is 3. The molecule has 3 aliphatic rings. The van der Waals surface area contributed by atoms with Crippen LogP contribution in [0.4, 0.5) is 5.69 Å². The Labute approximate surface area is 140 Å². The minimum Gasteiger partial charge on any atom is -0.264 e. The van der Waals surface area contributed by atoms with E-state index in [-0.39, 0.29) is 0 Å². The van der Waals surface area contributed by atoms with Crippen LogP contribution in [0.15, 0.2) is 69.6 Å². The molecule has 0 aliphatic carbocycles. The number of hydrogen-bond donors (Lipinski definition) is 0. The monoisotopic (exact) mass is 312 g/mol. The number of aryl methyl sites for hydroxylation is 1. The fourth-order valence-corrected chi connectivity index (χ4v) is 3.51. The molecule has 0 saturated heterocycles. The van der Waals surface area contributed by atoms with Gasteiger partial charge in [0.15, 0.2) is 0 Å². The van der Waals surface area contributed by atoms with Crippen LogP contribution in [0.5, 0.6) is 0 Å². The molecule has 24 heavy (non-hydrogen) atoms. The van der Waals surface area contributed by atoms with Crippen molar-refractivity contribution in [3.63, 3.8) is 0 Å². The Morgan fingerprint density at radius 1 is 1.00 bits per heavy atom. The molecule has 1 atom stereocenters. The van der Waals surface area contributed by atoms with Crippen LogP contribution in [0.25, 0.3) is 5.70 Å². The zero-order chi connectivity index (χ0) is 16.3. The Hall–Kier alpha value is -3.01. The SMILES string of the molecule is Cc1ccc(C2(C)N=C3N=CC=C4c5ccccc5N=C2N43)cc1. The van der Waals surface area contributed by atoms with Gasteiger partial charge in [-0.05, 0) is 31.6 Å². The van der Waals surface area contributed by atoms with Gasteiger partial charge in [-0.25, -0.2) is 15.0 Å². The summed E-state index contributed by atoms with van der Waals surface area (Å²) in [6.07, 6.45) is 3.86. The molecule has 0 aromatic heterocycles. The largest absolute Gasteiger partial charge is 0.264 e. The summed E-state index contributed by atoms with van der Waals surface area (Å²) in [6.45, 7) is 4.21. The highest BCUT2D eigenvalue weighted by molar-refractivity contribution is 6.22. The standard InChI is InChI=1S/C20H16N4/c1-13-7-9-14(10-8-13)20(2)18-22-16-6-4-3-5-15(16)17-11-12-21-19(23-20)24(17)18/h3-12H,1-2H3. The molecular weight excluding hydrogens is 296 g/mol. The average molecular weight is 312 g/mol. The predicted octanol–water partition coefficient (Wildman–Crippen LogP) is 4.05. The summed E-state index contributed by atoms with van der Waals surface area (Å²) in [5, 5.41) is 0. The topological polar surface area (TPSA) is 40.3 Å². The molecule has 5 rings (SSSR count). The molecule has 0 fully saturated rings. The van der Waals surface area contributed by atoms with Gasteiger partial charge in [-0.3, -0.25) is 4.90 Å². The fourth-order valence-electron chi connectivity index (χ4n) is 3.51. The first kappa shape index (κ1) is 13.4. The van der Waals surface area contributed by atoms with Gasteiger partial charge in [0.1, 0.15) is 11.4 Å². The lowest BCUT2D eigenvalue weighted by Crippen LogP contribution is -2.40. The molecule has 0 N–H and O–H groups in total. The Morgan fingerprint density at radius 3 is 2.62 bits per heavy atom. The summed E-state index contributed by atoms with van der Waals surface area (Å²) in [7, 11) is 0. The number of hydrogen-bond acceptors (Lipinski definition) is 4. The minimum atomic E-state index is -0.530. The van der Waals surface area contributed by atoms with E-state index >= 15 is 0 Å². The molecule has 0 radical (unpaired) electrons. The van der Waals surface area contributed by atoms with Crippen molar-refractivity contribution in [1.82, 2.24) is 4.90 Å². The maximum absolute atomic E-state index is 4.96. The summed E-state index contributed by atoms with van der Waals surface area (Å²) >= 11 is 0. The molecule has 0 amide bonds. The first-order chi connectivity index (χ1) is 11.7. The van der Waals surface area contributed by atoms with Crippen LogP contribution in [0.3, 0.4) is 0 Å². The molecule has 3 heterocycles. The van der Waals surface area contributed by atoms with Gasteiger partial charge in [0.25, 0.3) is 0 Å². The summed E-state index contributed by atoms with van der Waals surface area (Å²) in [5.74, 6) is 1.63. The van der Waals surface area contributed by atoms with Crippen LogP contribution in [-0.4, -0.2) is 22.9 Å². The lowest BCUT2D eigenvalue weighted by molar-refractivity contribution is 0.665. The predicted molar refractivity (Wildman–Crippen MR) is 97.8 cm³/mol. The van der Waals surface area contributed by atoms with Gasteiger partial charge < -0.3 is 0 Å². The second kappa shape index (κ2) is 4.51. The minimum absolute atomic E-state index is 0.530. The number of amidine groups is 1. The van der Waals surface area contributed by atoms with Crippen molar-refractivity contribution in [2.75, 3.05) is 0 Å². The third kappa shape index (κ3) is 1.65. The summed E-state index contributed by atoms with van der Waals surface area (Å²) in [4.78, 5) is 16.5. The van der Waals surface area contributed by atoms with Crippen molar-refractivity contribution in [3.8, 4) is 0 Å². The van der Waals surface area contributed by atoms with Gasteiger partial charge in [-0.2, -0.15) is 0 Å². The van der Waals surface area contributed by atoms with Crippen molar-refractivity contribution < 1.29 is 0 Å². The molecule has 3 aliphatic heterocycles. The van der Waals surface area contributed by atoms with Gasteiger partial charge in [-0.15, -0.1) is 0 Å². The third-order valence-electron chi connectivity index (χ3n) is 4.85. The second-order valence-electron chi connectivity index (χ2n) is 6.47. The van der Waals surface area contributed by atoms with Crippen LogP contribution in [0.2, 0.25) is 0 Å². The van der Waals surface area contributed by atoms with Gasteiger partial charge in [0, 0.05) is 11.8 Å². The molecule has 0 spiro atoms. The van der Waals surface area contributed by atoms with E-state index in [2.05, 4.69) is 60.1 Å². The normalized spacial score (nSPS) is 23.2. The van der Waals surface area contributed by atoms with Crippen molar-refractivity contribution in [2.24, 2.45) is 15.0 Å². The zero-order valence-corrected chi connectivity index (χ0v) is 13.6. The van der Waals surface area contributed by atoms with E-state index in [1.807, 2.05) is 24.4 Å². The molecular formula is C20H16N4. The van der Waals surface area contributed by atoms with Gasteiger partial charge >= 0.3 is 0 Å². The quantitative estimate of drug-likeness (QED) is 0.783. The van der Waals surface area contributed by atoms with E-state index < -0.39 is 5.54 Å². The first-order valence-corrected chi connectivity index (χ1v) is 8.07. The van der Waals surface area contributed by atoms with Crippen molar-refractivity contribution >= 4 is 29.4 Å². The van der Waals surface area contributed by atoms with E-state index in [4.69, 9.17) is 9.98 Å². The van der Waals surface area contributed by atoms with Gasteiger partial charge in [-0.1, -0.05) is 48.0 Å². The molecule has 116 valence electrons. The number of allylic oxidation sites excluding steroid dienone is 1. The van der Waals surface area contributed by atoms with E-state index in [9.17, 15) is 0 Å². The van der Waals surface area contributed by atoms with Crippen molar-refractivity contribution in [2.45, 2.75) is 19.4 Å². The highest BCUT2D eigenvalue weighted by Gasteiger charge is 2.47. The van der Waals surface area contributed by atoms with Crippen molar-refractivity contribution in [3.05, 3.63) is 71.3 Å². The Bertz CT molecular complexity index is 979. The van der Waals surface area contributed by atoms with E-state index in [0.29, 0.717) is 5.96 Å². The lowest BCUT2D eigenvalue weighted by atomic mass is 9.89. The number of rotatable bonds is 1. The summed E-state index contributed by atoms with van der Waals surface area (Å²) in [6, 6.07) is 16.7. The molecule has 4 nitrogen and oxygen atoms in total. The van der Waals surface area contributed by atoms with Gasteiger partial charge in [0.05, 0.1) is 11.4 Å². The highest BCUT2D eigenvalue weighted by atomic mass is 15.4. The van der Waals surface area contributed by atoms with Crippen molar-refractivity contribution in [1.29, 1.82) is 0 Å². The molecule has 0 bridgehead atoms. The zero-order valence-electron chi connectivity index (χ0n) is 13.6. The van der Waals surface area contributed by atoms with Crippen LogP contribution in [-0.2, 0) is 5.54 Å². The first-order valence-electron chi connectivity index (χ1n) is 8.07. The number of nitrogens with zero attached hydrogens (tertiary/aromatic N) is 4.